The lowest BCUT2D eigenvalue weighted by Gasteiger charge is -2.30. The second-order valence-electron chi connectivity index (χ2n) is 5.27. The minimum Gasteiger partial charge on any atom is -0.390 e. The Morgan fingerprint density at radius 3 is 2.38 bits per heavy atom. The molecule has 0 radical (unpaired) electrons. The van der Waals surface area contributed by atoms with E-state index in [-0.39, 0.29) is 13.1 Å². The number of β-amino-alcohol motifs (C(OH)–C–C–N with tert-alkyl or cyclic N) is 1. The van der Waals surface area contributed by atoms with E-state index in [1.54, 1.807) is 11.9 Å². The molecule has 2 unspecified atom stereocenters. The van der Waals surface area contributed by atoms with Crippen LogP contribution in [0.2, 0.25) is 0 Å². The third-order valence-electron chi connectivity index (χ3n) is 3.12. The Morgan fingerprint density at radius 2 is 1.81 bits per heavy atom. The van der Waals surface area contributed by atoms with Gasteiger partial charge in [0, 0.05) is 39.3 Å². The second-order valence-corrected chi connectivity index (χ2v) is 6.50. The molecule has 0 spiro atoms. The van der Waals surface area contributed by atoms with E-state index >= 15 is 0 Å². The van der Waals surface area contributed by atoms with Crippen LogP contribution in [0.1, 0.15) is 0 Å². The fraction of sp³-hybridized carbons (Fsp3) is 1.00. The van der Waals surface area contributed by atoms with Crippen LogP contribution in [0.5, 0.6) is 0 Å². The van der Waals surface area contributed by atoms with Gasteiger partial charge in [-0.2, -0.15) is 13.1 Å². The van der Waals surface area contributed by atoms with E-state index in [0.29, 0.717) is 26.3 Å². The molecule has 0 aromatic rings. The van der Waals surface area contributed by atoms with Crippen molar-refractivity contribution in [3.05, 3.63) is 0 Å². The molecule has 10 heteroatoms. The first-order valence-corrected chi connectivity index (χ1v) is 8.27. The molecule has 0 aliphatic carbocycles. The molecular weight excluding hydrogens is 302 g/mol. The largest absolute Gasteiger partial charge is 0.390 e. The van der Waals surface area contributed by atoms with E-state index in [9.17, 15) is 18.6 Å². The fourth-order valence-corrected chi connectivity index (χ4v) is 2.60. The van der Waals surface area contributed by atoms with E-state index in [1.807, 2.05) is 4.72 Å². The van der Waals surface area contributed by atoms with Crippen molar-refractivity contribution in [2.45, 2.75) is 12.2 Å². The number of nitrogens with one attached hydrogen (secondary N) is 1. The molecule has 0 aromatic heterocycles. The van der Waals surface area contributed by atoms with Crippen molar-refractivity contribution in [2.75, 3.05) is 59.5 Å². The molecule has 1 aliphatic rings. The van der Waals surface area contributed by atoms with Crippen molar-refractivity contribution in [1.82, 2.24) is 14.5 Å². The highest BCUT2D eigenvalue weighted by Gasteiger charge is 2.18. The first-order chi connectivity index (χ1) is 9.76. The van der Waals surface area contributed by atoms with Crippen LogP contribution >= 0.6 is 0 Å². The normalized spacial score (nSPS) is 20.6. The third kappa shape index (κ3) is 9.32. The zero-order valence-electron chi connectivity index (χ0n) is 12.2. The van der Waals surface area contributed by atoms with Crippen molar-refractivity contribution in [1.29, 1.82) is 0 Å². The minimum absolute atomic E-state index is 0.183. The van der Waals surface area contributed by atoms with E-state index in [4.69, 9.17) is 9.29 Å². The van der Waals surface area contributed by atoms with Crippen LogP contribution in [-0.4, -0.2) is 105 Å². The number of rotatable bonds is 9. The Bertz CT molecular complexity index is 387. The van der Waals surface area contributed by atoms with Gasteiger partial charge in [0.25, 0.3) is 0 Å². The van der Waals surface area contributed by atoms with Crippen LogP contribution in [-0.2, 0) is 15.0 Å². The van der Waals surface area contributed by atoms with Crippen molar-refractivity contribution in [2.24, 2.45) is 0 Å². The van der Waals surface area contributed by atoms with Gasteiger partial charge in [-0.3, -0.25) is 9.45 Å². The summed E-state index contributed by atoms with van der Waals surface area (Å²) in [4.78, 5) is 3.82. The van der Waals surface area contributed by atoms with Gasteiger partial charge in [-0.25, -0.2) is 0 Å². The van der Waals surface area contributed by atoms with Gasteiger partial charge in [0.2, 0.25) is 0 Å². The van der Waals surface area contributed by atoms with Gasteiger partial charge in [-0.05, 0) is 7.05 Å². The molecule has 0 bridgehead atoms. The van der Waals surface area contributed by atoms with Crippen molar-refractivity contribution < 1.29 is 27.9 Å². The SMILES string of the molecule is CN(CC(O)CNS(=O)(=O)O)CC(O)CN1CCOCC1. The standard InChI is InChI=1S/C11H25N3O6S/c1-13(7-10(15)6-12-21(17,18)19)8-11(16)9-14-2-4-20-5-3-14/h10-12,15-16H,2-9H2,1H3,(H,17,18,19). The lowest BCUT2D eigenvalue weighted by molar-refractivity contribution is 0.00589. The molecule has 2 atom stereocenters. The van der Waals surface area contributed by atoms with Crippen LogP contribution in [0.25, 0.3) is 0 Å². The zero-order valence-corrected chi connectivity index (χ0v) is 13.0. The van der Waals surface area contributed by atoms with Gasteiger partial charge in [-0.1, -0.05) is 0 Å². The predicted molar refractivity (Wildman–Crippen MR) is 76.3 cm³/mol. The summed E-state index contributed by atoms with van der Waals surface area (Å²) >= 11 is 0. The summed E-state index contributed by atoms with van der Waals surface area (Å²) in [6.07, 6.45) is -1.53. The molecule has 1 fully saturated rings. The molecule has 21 heavy (non-hydrogen) atoms. The summed E-state index contributed by atoms with van der Waals surface area (Å²) in [5, 5.41) is 19.6. The Morgan fingerprint density at radius 1 is 1.24 bits per heavy atom. The van der Waals surface area contributed by atoms with Crippen LogP contribution in [0.3, 0.4) is 0 Å². The maximum Gasteiger partial charge on any atom is 0.333 e. The smallest absolute Gasteiger partial charge is 0.333 e. The lowest BCUT2D eigenvalue weighted by atomic mass is 10.2. The quantitative estimate of drug-likeness (QED) is 0.339. The molecule has 4 N–H and O–H groups in total. The maximum atomic E-state index is 10.5. The van der Waals surface area contributed by atoms with Gasteiger partial charge >= 0.3 is 10.3 Å². The van der Waals surface area contributed by atoms with E-state index in [0.717, 1.165) is 13.1 Å². The lowest BCUT2D eigenvalue weighted by Crippen LogP contribution is -2.46. The highest BCUT2D eigenvalue weighted by Crippen LogP contribution is 2.00. The minimum atomic E-state index is -4.29. The highest BCUT2D eigenvalue weighted by molar-refractivity contribution is 7.83. The maximum absolute atomic E-state index is 10.5. The van der Waals surface area contributed by atoms with Crippen LogP contribution in [0.4, 0.5) is 0 Å². The average molecular weight is 327 g/mol. The first-order valence-electron chi connectivity index (χ1n) is 6.83. The van der Waals surface area contributed by atoms with Crippen LogP contribution in [0.15, 0.2) is 0 Å². The monoisotopic (exact) mass is 327 g/mol. The number of nitrogens with zero attached hydrogens (tertiary/aromatic N) is 2. The van der Waals surface area contributed by atoms with E-state index in [1.165, 1.54) is 0 Å². The van der Waals surface area contributed by atoms with E-state index in [2.05, 4.69) is 4.90 Å². The number of ether oxygens (including phenoxy) is 1. The van der Waals surface area contributed by atoms with Gasteiger partial charge in [-0.15, -0.1) is 0 Å². The Balaban J connectivity index is 2.20. The summed E-state index contributed by atoms with van der Waals surface area (Å²) in [5.74, 6) is 0. The molecule has 1 saturated heterocycles. The van der Waals surface area contributed by atoms with E-state index < -0.39 is 22.5 Å². The number of aliphatic hydroxyl groups excluding tert-OH is 2. The Hall–Kier alpha value is -0.330. The topological polar surface area (TPSA) is 123 Å². The second kappa shape index (κ2) is 8.96. The number of hydrogen-bond donors (Lipinski definition) is 4. The average Bonchev–Trinajstić information content (AvgIpc) is 2.36. The molecule has 126 valence electrons. The molecular formula is C11H25N3O6S. The fourth-order valence-electron chi connectivity index (χ4n) is 2.20. The summed E-state index contributed by atoms with van der Waals surface area (Å²) in [7, 11) is -2.57. The predicted octanol–water partition coefficient (Wildman–Crippen LogP) is -2.64. The summed E-state index contributed by atoms with van der Waals surface area (Å²) in [6, 6.07) is 0. The molecule has 0 aromatic carbocycles. The number of likely N-dealkylation sites (N-methyl/N-ethyl adjacent to an activating group) is 1. The van der Waals surface area contributed by atoms with Gasteiger partial charge in [0.15, 0.2) is 0 Å². The molecule has 0 amide bonds. The molecule has 1 heterocycles. The summed E-state index contributed by atoms with van der Waals surface area (Å²) in [5.41, 5.74) is 0. The number of aliphatic hydroxyl groups is 2. The van der Waals surface area contributed by atoms with Crippen molar-refractivity contribution in [3.8, 4) is 0 Å². The zero-order chi connectivity index (χ0) is 15.9. The molecule has 9 nitrogen and oxygen atoms in total. The van der Waals surface area contributed by atoms with Crippen LogP contribution < -0.4 is 4.72 Å². The summed E-state index contributed by atoms with van der Waals surface area (Å²) in [6.45, 7) is 3.73. The van der Waals surface area contributed by atoms with Crippen molar-refractivity contribution >= 4 is 10.3 Å². The summed E-state index contributed by atoms with van der Waals surface area (Å²) < 4.78 is 36.5. The van der Waals surface area contributed by atoms with Gasteiger partial charge in [0.1, 0.15) is 0 Å². The third-order valence-corrected chi connectivity index (χ3v) is 3.65. The van der Waals surface area contributed by atoms with Gasteiger partial charge < -0.3 is 19.8 Å². The Labute approximate surface area is 125 Å². The van der Waals surface area contributed by atoms with Crippen molar-refractivity contribution in [3.63, 3.8) is 0 Å². The van der Waals surface area contributed by atoms with Crippen LogP contribution in [0, 0.1) is 0 Å². The number of morpholine rings is 1. The molecule has 1 aliphatic heterocycles. The van der Waals surface area contributed by atoms with Gasteiger partial charge in [0.05, 0.1) is 25.4 Å². The Kier molecular flexibility index (Phi) is 7.98. The first kappa shape index (κ1) is 18.7. The number of hydrogen-bond acceptors (Lipinski definition) is 7. The molecule has 1 rings (SSSR count). The highest BCUT2D eigenvalue weighted by atomic mass is 32.2. The molecule has 0 saturated carbocycles.